The van der Waals surface area contributed by atoms with Crippen molar-refractivity contribution in [1.29, 1.82) is 0 Å². The molecule has 2 N–H and O–H groups in total. The van der Waals surface area contributed by atoms with Crippen molar-refractivity contribution < 1.29 is 9.47 Å². The number of hydrogen-bond acceptors (Lipinski definition) is 3. The van der Waals surface area contributed by atoms with Gasteiger partial charge in [0.2, 0.25) is 0 Å². The Morgan fingerprint density at radius 2 is 1.58 bits per heavy atom. The first-order valence-corrected chi connectivity index (χ1v) is 6.42. The van der Waals surface area contributed by atoms with E-state index in [-0.39, 0.29) is 0 Å². The van der Waals surface area contributed by atoms with Crippen LogP contribution in [0.2, 0.25) is 0 Å². The van der Waals surface area contributed by atoms with Crippen molar-refractivity contribution in [1.82, 2.24) is 0 Å². The summed E-state index contributed by atoms with van der Waals surface area (Å²) in [5, 5.41) is 0. The fraction of sp³-hybridized carbons (Fsp3) is 0.250. The first kappa shape index (κ1) is 13.3. The molecule has 0 aliphatic heterocycles. The molecule has 0 fully saturated rings. The van der Waals surface area contributed by atoms with Crippen LogP contribution < -0.4 is 15.2 Å². The third kappa shape index (κ3) is 4.21. The van der Waals surface area contributed by atoms with Gasteiger partial charge >= 0.3 is 0 Å². The van der Waals surface area contributed by atoms with Crippen LogP contribution in [0.25, 0.3) is 0 Å². The molecule has 2 aromatic rings. The maximum absolute atomic E-state index is 5.75. The van der Waals surface area contributed by atoms with Crippen LogP contribution in [-0.4, -0.2) is 13.2 Å². The maximum atomic E-state index is 5.75. The van der Waals surface area contributed by atoms with Gasteiger partial charge in [-0.1, -0.05) is 18.2 Å². The van der Waals surface area contributed by atoms with E-state index in [0.717, 1.165) is 29.2 Å². The Morgan fingerprint density at radius 3 is 2.26 bits per heavy atom. The molecule has 0 amide bonds. The number of rotatable bonds is 6. The molecule has 3 heteroatoms. The van der Waals surface area contributed by atoms with Crippen LogP contribution in [-0.2, 0) is 0 Å². The summed E-state index contributed by atoms with van der Waals surface area (Å²) in [6, 6.07) is 15.5. The number of benzene rings is 2. The van der Waals surface area contributed by atoms with Crippen LogP contribution in [0.1, 0.15) is 12.0 Å². The molecule has 0 unspecified atom stereocenters. The van der Waals surface area contributed by atoms with E-state index in [1.54, 1.807) is 0 Å². The highest BCUT2D eigenvalue weighted by Crippen LogP contribution is 2.18. The topological polar surface area (TPSA) is 44.5 Å². The van der Waals surface area contributed by atoms with Crippen molar-refractivity contribution in [3.63, 3.8) is 0 Å². The zero-order valence-corrected chi connectivity index (χ0v) is 11.1. The zero-order valence-electron chi connectivity index (χ0n) is 11.1. The molecular formula is C16H19NO2. The van der Waals surface area contributed by atoms with Crippen LogP contribution in [0.15, 0.2) is 48.5 Å². The lowest BCUT2D eigenvalue weighted by atomic mass is 10.2. The lowest BCUT2D eigenvalue weighted by molar-refractivity contribution is 0.247. The second-order valence-corrected chi connectivity index (χ2v) is 4.38. The van der Waals surface area contributed by atoms with Crippen LogP contribution in [0.4, 0.5) is 5.69 Å². The number of ether oxygens (including phenoxy) is 2. The van der Waals surface area contributed by atoms with Crippen LogP contribution >= 0.6 is 0 Å². The van der Waals surface area contributed by atoms with Crippen molar-refractivity contribution in [2.75, 3.05) is 18.9 Å². The molecular weight excluding hydrogens is 238 g/mol. The summed E-state index contributed by atoms with van der Waals surface area (Å²) in [6.45, 7) is 3.26. The Kier molecular flexibility index (Phi) is 4.67. The Bertz CT molecular complexity index is 511. The minimum absolute atomic E-state index is 0.635. The second-order valence-electron chi connectivity index (χ2n) is 4.38. The van der Waals surface area contributed by atoms with Gasteiger partial charge in [0.25, 0.3) is 0 Å². The molecule has 0 aliphatic carbocycles. The molecule has 0 atom stereocenters. The summed E-state index contributed by atoms with van der Waals surface area (Å²) < 4.78 is 11.2. The molecule has 0 saturated carbocycles. The lowest BCUT2D eigenvalue weighted by Crippen LogP contribution is -2.05. The molecule has 100 valence electrons. The predicted octanol–water partition coefficient (Wildman–Crippen LogP) is 3.43. The average molecular weight is 257 g/mol. The van der Waals surface area contributed by atoms with E-state index in [1.807, 2.05) is 55.5 Å². The highest BCUT2D eigenvalue weighted by molar-refractivity contribution is 5.49. The van der Waals surface area contributed by atoms with E-state index in [1.165, 1.54) is 0 Å². The van der Waals surface area contributed by atoms with E-state index in [0.29, 0.717) is 13.2 Å². The molecule has 3 nitrogen and oxygen atoms in total. The van der Waals surface area contributed by atoms with Gasteiger partial charge in [0.1, 0.15) is 11.5 Å². The molecule has 0 aliphatic rings. The highest BCUT2D eigenvalue weighted by Gasteiger charge is 1.98. The van der Waals surface area contributed by atoms with Gasteiger partial charge in [-0.05, 0) is 42.8 Å². The molecule has 2 rings (SSSR count). The Hall–Kier alpha value is -2.16. The van der Waals surface area contributed by atoms with E-state index in [9.17, 15) is 0 Å². The zero-order chi connectivity index (χ0) is 13.5. The summed E-state index contributed by atoms with van der Waals surface area (Å²) in [7, 11) is 0. The Balaban J connectivity index is 1.68. The summed E-state index contributed by atoms with van der Waals surface area (Å²) in [5.41, 5.74) is 7.59. The number of para-hydroxylation sites is 1. The minimum Gasteiger partial charge on any atom is -0.493 e. The number of nitrogens with two attached hydrogens (primary N) is 1. The smallest absolute Gasteiger partial charge is 0.119 e. The van der Waals surface area contributed by atoms with Gasteiger partial charge in [0.05, 0.1) is 13.2 Å². The third-order valence-corrected chi connectivity index (χ3v) is 2.81. The van der Waals surface area contributed by atoms with Gasteiger partial charge in [-0.3, -0.25) is 0 Å². The largest absolute Gasteiger partial charge is 0.493 e. The van der Waals surface area contributed by atoms with Crippen molar-refractivity contribution >= 4 is 5.69 Å². The number of nitrogen functional groups attached to an aromatic ring is 1. The van der Waals surface area contributed by atoms with Crippen LogP contribution in [0.5, 0.6) is 11.5 Å². The normalized spacial score (nSPS) is 10.2. The molecule has 19 heavy (non-hydrogen) atoms. The summed E-state index contributed by atoms with van der Waals surface area (Å²) >= 11 is 0. The minimum atomic E-state index is 0.635. The average Bonchev–Trinajstić information content (AvgIpc) is 2.43. The van der Waals surface area contributed by atoms with Gasteiger partial charge < -0.3 is 15.2 Å². The molecule has 0 bridgehead atoms. The van der Waals surface area contributed by atoms with Gasteiger partial charge in [-0.15, -0.1) is 0 Å². The molecule has 0 saturated heterocycles. The van der Waals surface area contributed by atoms with Gasteiger partial charge in [-0.2, -0.15) is 0 Å². The monoisotopic (exact) mass is 257 g/mol. The standard InChI is InChI=1S/C16H19NO2/c1-13-12-15(8-9-16(13)17)19-11-5-10-18-14-6-3-2-4-7-14/h2-4,6-9,12H,5,10-11,17H2,1H3. The van der Waals surface area contributed by atoms with E-state index >= 15 is 0 Å². The summed E-state index contributed by atoms with van der Waals surface area (Å²) in [6.07, 6.45) is 0.846. The quantitative estimate of drug-likeness (QED) is 0.637. The van der Waals surface area contributed by atoms with E-state index < -0.39 is 0 Å². The highest BCUT2D eigenvalue weighted by atomic mass is 16.5. The lowest BCUT2D eigenvalue weighted by Gasteiger charge is -2.09. The maximum Gasteiger partial charge on any atom is 0.119 e. The van der Waals surface area contributed by atoms with Crippen molar-refractivity contribution in [2.24, 2.45) is 0 Å². The second kappa shape index (κ2) is 6.69. The fourth-order valence-electron chi connectivity index (χ4n) is 1.69. The van der Waals surface area contributed by atoms with Crippen LogP contribution in [0.3, 0.4) is 0 Å². The van der Waals surface area contributed by atoms with Gasteiger partial charge in [-0.25, -0.2) is 0 Å². The number of aryl methyl sites for hydroxylation is 1. The summed E-state index contributed by atoms with van der Waals surface area (Å²) in [5.74, 6) is 1.75. The Labute approximate surface area is 114 Å². The van der Waals surface area contributed by atoms with Crippen molar-refractivity contribution in [3.8, 4) is 11.5 Å². The molecule has 0 radical (unpaired) electrons. The molecule has 0 spiro atoms. The molecule has 2 aromatic carbocycles. The number of hydrogen-bond donors (Lipinski definition) is 1. The Morgan fingerprint density at radius 1 is 0.895 bits per heavy atom. The molecule has 0 heterocycles. The van der Waals surface area contributed by atoms with Crippen molar-refractivity contribution in [2.45, 2.75) is 13.3 Å². The summed E-state index contributed by atoms with van der Waals surface area (Å²) in [4.78, 5) is 0. The van der Waals surface area contributed by atoms with Crippen molar-refractivity contribution in [3.05, 3.63) is 54.1 Å². The predicted molar refractivity (Wildman–Crippen MR) is 77.6 cm³/mol. The molecule has 0 aromatic heterocycles. The SMILES string of the molecule is Cc1cc(OCCCOc2ccccc2)ccc1N. The fourth-order valence-corrected chi connectivity index (χ4v) is 1.69. The number of anilines is 1. The first-order valence-electron chi connectivity index (χ1n) is 6.42. The van der Waals surface area contributed by atoms with Crippen LogP contribution in [0, 0.1) is 6.92 Å². The first-order chi connectivity index (χ1) is 9.25. The third-order valence-electron chi connectivity index (χ3n) is 2.81. The van der Waals surface area contributed by atoms with Gasteiger partial charge in [0.15, 0.2) is 0 Å². The van der Waals surface area contributed by atoms with E-state index in [2.05, 4.69) is 0 Å². The van der Waals surface area contributed by atoms with Gasteiger partial charge in [0, 0.05) is 12.1 Å². The van der Waals surface area contributed by atoms with E-state index in [4.69, 9.17) is 15.2 Å².